The number of aromatic nitrogens is 1. The molecule has 0 saturated heterocycles. The third kappa shape index (κ3) is 23.5. The number of nitrogens with zero attached hydrogens (tertiary/aromatic N) is 1. The van der Waals surface area contributed by atoms with E-state index >= 15 is 0 Å². The zero-order chi connectivity index (χ0) is 26.7. The number of hydrogen-bond donors (Lipinski definition) is 0. The molecule has 1 saturated carbocycles. The van der Waals surface area contributed by atoms with Crippen molar-refractivity contribution in [2.24, 2.45) is 29.6 Å². The van der Waals surface area contributed by atoms with Crippen molar-refractivity contribution in [3.63, 3.8) is 0 Å². The second-order valence-electron chi connectivity index (χ2n) is 11.8. The first-order valence-corrected chi connectivity index (χ1v) is 13.7. The largest absolute Gasteiger partial charge is 0.264 e. The first-order valence-electron chi connectivity index (χ1n) is 13.7. The van der Waals surface area contributed by atoms with Crippen LogP contribution in [0.2, 0.25) is 0 Å². The van der Waals surface area contributed by atoms with E-state index in [0.717, 1.165) is 29.6 Å². The van der Waals surface area contributed by atoms with Crippen molar-refractivity contribution in [3.8, 4) is 0 Å². The highest BCUT2D eigenvalue weighted by Crippen LogP contribution is 2.35. The minimum Gasteiger partial charge on any atom is -0.264 e. The molecule has 1 fully saturated rings. The second kappa shape index (κ2) is 20.7. The Bertz CT molecular complexity index is 589. The van der Waals surface area contributed by atoms with Gasteiger partial charge >= 0.3 is 0 Å². The highest BCUT2D eigenvalue weighted by molar-refractivity contribution is 5.17. The zero-order valence-corrected chi connectivity index (χ0v) is 25.1. The first kappa shape index (κ1) is 34.5. The third-order valence-electron chi connectivity index (χ3n) is 5.72. The van der Waals surface area contributed by atoms with Crippen LogP contribution in [0.3, 0.4) is 0 Å². The van der Waals surface area contributed by atoms with Crippen LogP contribution >= 0.6 is 0 Å². The fraction of sp³-hybridized carbons (Fsp3) is 0.667. The van der Waals surface area contributed by atoms with E-state index in [4.69, 9.17) is 0 Å². The van der Waals surface area contributed by atoms with Crippen LogP contribution in [0, 0.1) is 29.6 Å². The lowest BCUT2D eigenvalue weighted by molar-refractivity contribution is 0.457. The Morgan fingerprint density at radius 3 is 1.18 bits per heavy atom. The van der Waals surface area contributed by atoms with Crippen LogP contribution in [0.15, 0.2) is 54.9 Å². The average molecular weight is 470 g/mol. The minimum atomic E-state index is 0.596. The van der Waals surface area contributed by atoms with E-state index in [-0.39, 0.29) is 0 Å². The number of rotatable bonds is 4. The second-order valence-corrected chi connectivity index (χ2v) is 11.8. The van der Waals surface area contributed by atoms with Crippen molar-refractivity contribution >= 4 is 0 Å². The van der Waals surface area contributed by atoms with Crippen molar-refractivity contribution in [3.05, 3.63) is 66.0 Å². The van der Waals surface area contributed by atoms with Gasteiger partial charge < -0.3 is 0 Å². The van der Waals surface area contributed by atoms with Gasteiger partial charge in [-0.2, -0.15) is 0 Å². The Balaban J connectivity index is 0. The third-order valence-corrected chi connectivity index (χ3v) is 5.72. The van der Waals surface area contributed by atoms with Gasteiger partial charge in [-0.15, -0.1) is 0 Å². The molecule has 0 atom stereocenters. The van der Waals surface area contributed by atoms with Crippen LogP contribution < -0.4 is 0 Å². The Morgan fingerprint density at radius 2 is 1.00 bits per heavy atom. The van der Waals surface area contributed by atoms with Crippen LogP contribution in [0.25, 0.3) is 0 Å². The normalized spacial score (nSPS) is 12.3. The van der Waals surface area contributed by atoms with E-state index in [0.29, 0.717) is 11.8 Å². The summed E-state index contributed by atoms with van der Waals surface area (Å²) in [5.41, 5.74) is 2.72. The number of benzene rings is 1. The molecule has 1 aromatic carbocycles. The molecular formula is C33H59N. The molecule has 0 aliphatic heterocycles. The van der Waals surface area contributed by atoms with Crippen molar-refractivity contribution in [2.45, 2.75) is 115 Å². The summed E-state index contributed by atoms with van der Waals surface area (Å²) in [6.45, 7) is 28.8. The maximum atomic E-state index is 4.01. The monoisotopic (exact) mass is 469 g/mol. The van der Waals surface area contributed by atoms with E-state index in [1.165, 1.54) is 24.0 Å². The topological polar surface area (TPSA) is 12.9 Å². The van der Waals surface area contributed by atoms with Gasteiger partial charge in [0.05, 0.1) is 0 Å². The standard InChI is InChI=1S/C9H12.C8H11N.C6H12.C6H14.C4H10/c1-8(2)9-6-4-3-5-7-9;1-7(2)8-4-3-5-9-6-8;1-5(2)6-3-4-6;1-5(2)6(3)4;1-4(2)3/h3-8H,1-2H3;3-7H,1-2H3;5-6H,3-4H2,1-2H3;5-6H,1-4H3;4H,1-3H3. The van der Waals surface area contributed by atoms with Crippen LogP contribution in [-0.4, -0.2) is 4.98 Å². The van der Waals surface area contributed by atoms with Crippen molar-refractivity contribution in [1.29, 1.82) is 0 Å². The van der Waals surface area contributed by atoms with E-state index in [1.54, 1.807) is 6.20 Å². The Morgan fingerprint density at radius 1 is 0.588 bits per heavy atom. The molecule has 1 heteroatoms. The molecule has 1 aliphatic rings. The molecule has 0 amide bonds. The zero-order valence-electron chi connectivity index (χ0n) is 25.1. The molecule has 0 spiro atoms. The van der Waals surface area contributed by atoms with Crippen molar-refractivity contribution in [1.82, 2.24) is 4.98 Å². The summed E-state index contributed by atoms with van der Waals surface area (Å²) in [5, 5.41) is 0. The van der Waals surface area contributed by atoms with Gasteiger partial charge in [0.15, 0.2) is 0 Å². The fourth-order valence-corrected chi connectivity index (χ4v) is 2.32. The van der Waals surface area contributed by atoms with Gasteiger partial charge in [0.1, 0.15) is 0 Å². The van der Waals surface area contributed by atoms with Gasteiger partial charge in [0, 0.05) is 12.4 Å². The van der Waals surface area contributed by atoms with E-state index in [1.807, 2.05) is 18.3 Å². The lowest BCUT2D eigenvalue weighted by Gasteiger charge is -2.05. The lowest BCUT2D eigenvalue weighted by Crippen LogP contribution is -1.95. The van der Waals surface area contributed by atoms with E-state index < -0.39 is 0 Å². The Hall–Kier alpha value is -1.63. The van der Waals surface area contributed by atoms with Crippen LogP contribution in [0.1, 0.15) is 126 Å². The SMILES string of the molecule is CC(C)C.CC(C)C(C)C.CC(C)C1CC1.CC(C)c1ccccc1.CC(C)c1cccnc1. The highest BCUT2D eigenvalue weighted by Gasteiger charge is 2.23. The molecule has 34 heavy (non-hydrogen) atoms. The number of hydrogen-bond acceptors (Lipinski definition) is 1. The molecule has 0 N–H and O–H groups in total. The molecule has 1 heterocycles. The summed E-state index contributed by atoms with van der Waals surface area (Å²) in [6.07, 6.45) is 6.70. The minimum absolute atomic E-state index is 0.596. The van der Waals surface area contributed by atoms with Gasteiger partial charge in [-0.25, -0.2) is 0 Å². The van der Waals surface area contributed by atoms with Gasteiger partial charge in [-0.1, -0.05) is 126 Å². The highest BCUT2D eigenvalue weighted by atomic mass is 14.6. The molecule has 1 aliphatic carbocycles. The summed E-state index contributed by atoms with van der Waals surface area (Å²) in [5.74, 6) is 5.86. The summed E-state index contributed by atoms with van der Waals surface area (Å²) in [7, 11) is 0. The predicted molar refractivity (Wildman–Crippen MR) is 157 cm³/mol. The first-order chi connectivity index (χ1) is 15.8. The smallest absolute Gasteiger partial charge is 0.0302 e. The molecule has 1 aromatic heterocycles. The maximum absolute atomic E-state index is 4.01. The summed E-state index contributed by atoms with van der Waals surface area (Å²) >= 11 is 0. The molecular weight excluding hydrogens is 410 g/mol. The molecule has 0 unspecified atom stereocenters. The molecule has 2 aromatic rings. The Kier molecular flexibility index (Phi) is 21.0. The summed E-state index contributed by atoms with van der Waals surface area (Å²) in [6, 6.07) is 14.6. The van der Waals surface area contributed by atoms with Crippen molar-refractivity contribution in [2.75, 3.05) is 0 Å². The van der Waals surface area contributed by atoms with Crippen LogP contribution in [-0.2, 0) is 0 Å². The van der Waals surface area contributed by atoms with Crippen molar-refractivity contribution < 1.29 is 0 Å². The molecule has 3 rings (SSSR count). The molecule has 196 valence electrons. The van der Waals surface area contributed by atoms with Gasteiger partial charge in [0.2, 0.25) is 0 Å². The average Bonchev–Trinajstić information content (AvgIpc) is 3.62. The van der Waals surface area contributed by atoms with Gasteiger partial charge in [-0.3, -0.25) is 4.98 Å². The van der Waals surface area contributed by atoms with Gasteiger partial charge in [0.25, 0.3) is 0 Å². The Labute approximate surface area is 215 Å². The van der Waals surface area contributed by atoms with Crippen LogP contribution in [0.4, 0.5) is 0 Å². The molecule has 0 bridgehead atoms. The quantitative estimate of drug-likeness (QED) is 0.434. The summed E-state index contributed by atoms with van der Waals surface area (Å²) < 4.78 is 0. The van der Waals surface area contributed by atoms with E-state index in [9.17, 15) is 0 Å². The lowest BCUT2D eigenvalue weighted by atomic mass is 10.0. The fourth-order valence-electron chi connectivity index (χ4n) is 2.32. The predicted octanol–water partition coefficient (Wildman–Crippen LogP) is 11.0. The maximum Gasteiger partial charge on any atom is 0.0302 e. The van der Waals surface area contributed by atoms with Crippen LogP contribution in [0.5, 0.6) is 0 Å². The summed E-state index contributed by atoms with van der Waals surface area (Å²) in [4.78, 5) is 4.01. The molecule has 0 radical (unpaired) electrons. The van der Waals surface area contributed by atoms with Gasteiger partial charge in [-0.05, 0) is 71.5 Å². The number of pyridine rings is 1. The van der Waals surface area contributed by atoms with E-state index in [2.05, 4.69) is 125 Å². The molecule has 1 nitrogen and oxygen atoms in total.